The van der Waals surface area contributed by atoms with Gasteiger partial charge >= 0.3 is 6.03 Å². The van der Waals surface area contributed by atoms with Gasteiger partial charge in [-0.1, -0.05) is 30.3 Å². The molecule has 8 heteroatoms. The predicted octanol–water partition coefficient (Wildman–Crippen LogP) is 1.65. The number of urea groups is 1. The summed E-state index contributed by atoms with van der Waals surface area (Å²) in [6.07, 6.45) is 1.47. The van der Waals surface area contributed by atoms with Crippen LogP contribution in [0.4, 0.5) is 4.79 Å². The number of nitrogens with one attached hydrogen (secondary N) is 3. The van der Waals surface area contributed by atoms with E-state index in [0.717, 1.165) is 11.1 Å². The summed E-state index contributed by atoms with van der Waals surface area (Å²) in [6, 6.07) is 14.3. The summed E-state index contributed by atoms with van der Waals surface area (Å²) in [5, 5.41) is 8.98. The molecule has 2 aromatic carbocycles. The van der Waals surface area contributed by atoms with Crippen LogP contribution in [0.3, 0.4) is 0 Å². The highest BCUT2D eigenvalue weighted by Gasteiger charge is 2.05. The molecule has 0 aromatic heterocycles. The van der Waals surface area contributed by atoms with Gasteiger partial charge < -0.3 is 20.1 Å². The molecule has 0 saturated heterocycles. The summed E-state index contributed by atoms with van der Waals surface area (Å²) in [6.45, 7) is 0.190. The molecule has 2 aromatic rings. The first kappa shape index (κ1) is 19.8. The Kier molecular flexibility index (Phi) is 7.65. The molecular formula is C19H22N4O4. The van der Waals surface area contributed by atoms with E-state index in [-0.39, 0.29) is 6.54 Å². The number of hydrogen-bond donors (Lipinski definition) is 3. The fourth-order valence-corrected chi connectivity index (χ4v) is 2.15. The van der Waals surface area contributed by atoms with E-state index >= 15 is 0 Å². The lowest BCUT2D eigenvalue weighted by atomic mass is 10.2. The Hall–Kier alpha value is -3.55. The van der Waals surface area contributed by atoms with Crippen LogP contribution in [0.5, 0.6) is 11.5 Å². The SMILES string of the molecule is COc1ccc(/C=N/NC(=O)CNC(=O)NCc2ccccc2)cc1OC. The minimum absolute atomic E-state index is 0.191. The summed E-state index contributed by atoms with van der Waals surface area (Å²) in [7, 11) is 3.09. The average Bonchev–Trinajstić information content (AvgIpc) is 2.71. The number of carbonyl (C=O) groups is 2. The third-order valence-corrected chi connectivity index (χ3v) is 3.52. The van der Waals surface area contributed by atoms with Crippen molar-refractivity contribution in [3.63, 3.8) is 0 Å². The molecule has 0 unspecified atom stereocenters. The molecule has 0 atom stereocenters. The minimum Gasteiger partial charge on any atom is -0.493 e. The Labute approximate surface area is 157 Å². The van der Waals surface area contributed by atoms with E-state index < -0.39 is 11.9 Å². The zero-order chi connectivity index (χ0) is 19.5. The molecule has 0 aliphatic carbocycles. The van der Waals surface area contributed by atoms with Crippen LogP contribution in [0.2, 0.25) is 0 Å². The molecule has 0 saturated carbocycles. The van der Waals surface area contributed by atoms with Gasteiger partial charge in [0.05, 0.1) is 20.4 Å². The smallest absolute Gasteiger partial charge is 0.315 e. The zero-order valence-corrected chi connectivity index (χ0v) is 15.2. The Morgan fingerprint density at radius 2 is 1.74 bits per heavy atom. The maximum Gasteiger partial charge on any atom is 0.315 e. The lowest BCUT2D eigenvalue weighted by Crippen LogP contribution is -2.40. The number of amides is 3. The van der Waals surface area contributed by atoms with Gasteiger partial charge in [0.25, 0.3) is 5.91 Å². The second kappa shape index (κ2) is 10.4. The molecule has 3 amide bonds. The molecule has 8 nitrogen and oxygen atoms in total. The van der Waals surface area contributed by atoms with E-state index in [1.807, 2.05) is 30.3 Å². The third kappa shape index (κ3) is 6.69. The van der Waals surface area contributed by atoms with E-state index in [1.165, 1.54) is 13.3 Å². The van der Waals surface area contributed by atoms with Crippen LogP contribution in [0.15, 0.2) is 53.6 Å². The maximum atomic E-state index is 11.7. The molecule has 3 N–H and O–H groups in total. The van der Waals surface area contributed by atoms with Gasteiger partial charge in [0.15, 0.2) is 11.5 Å². The van der Waals surface area contributed by atoms with Crippen LogP contribution in [-0.2, 0) is 11.3 Å². The first-order valence-electron chi connectivity index (χ1n) is 8.22. The monoisotopic (exact) mass is 370 g/mol. The summed E-state index contributed by atoms with van der Waals surface area (Å²) in [5.41, 5.74) is 4.04. The van der Waals surface area contributed by atoms with Crippen molar-refractivity contribution in [1.29, 1.82) is 0 Å². The summed E-state index contributed by atoms with van der Waals surface area (Å²) < 4.78 is 10.3. The topological polar surface area (TPSA) is 101 Å². The van der Waals surface area contributed by atoms with Gasteiger partial charge in [0.2, 0.25) is 0 Å². The molecule has 0 spiro atoms. The predicted molar refractivity (Wildman–Crippen MR) is 102 cm³/mol. The van der Waals surface area contributed by atoms with Crippen molar-refractivity contribution in [1.82, 2.24) is 16.1 Å². The maximum absolute atomic E-state index is 11.7. The Morgan fingerprint density at radius 1 is 1.00 bits per heavy atom. The van der Waals surface area contributed by atoms with Gasteiger partial charge in [-0.25, -0.2) is 10.2 Å². The Morgan fingerprint density at radius 3 is 2.44 bits per heavy atom. The van der Waals surface area contributed by atoms with Crippen LogP contribution in [-0.4, -0.2) is 38.9 Å². The number of benzene rings is 2. The molecule has 27 heavy (non-hydrogen) atoms. The molecule has 0 radical (unpaired) electrons. The van der Waals surface area contributed by atoms with Gasteiger partial charge in [-0.3, -0.25) is 4.79 Å². The van der Waals surface area contributed by atoms with Crippen molar-refractivity contribution in [3.05, 3.63) is 59.7 Å². The lowest BCUT2D eigenvalue weighted by Gasteiger charge is -2.08. The fourth-order valence-electron chi connectivity index (χ4n) is 2.15. The molecule has 0 aliphatic heterocycles. The molecule has 0 heterocycles. The lowest BCUT2D eigenvalue weighted by molar-refractivity contribution is -0.120. The van der Waals surface area contributed by atoms with E-state index in [0.29, 0.717) is 18.0 Å². The van der Waals surface area contributed by atoms with Crippen LogP contribution in [0, 0.1) is 0 Å². The number of nitrogens with zero attached hydrogens (tertiary/aromatic N) is 1. The van der Waals surface area contributed by atoms with Gasteiger partial charge in [0.1, 0.15) is 6.54 Å². The van der Waals surface area contributed by atoms with Gasteiger partial charge in [-0.15, -0.1) is 0 Å². The number of methoxy groups -OCH3 is 2. The Bertz CT molecular complexity index is 794. The highest BCUT2D eigenvalue weighted by Crippen LogP contribution is 2.26. The number of carbonyl (C=O) groups excluding carboxylic acids is 2. The van der Waals surface area contributed by atoms with Crippen molar-refractivity contribution in [2.24, 2.45) is 5.10 Å². The highest BCUT2D eigenvalue weighted by atomic mass is 16.5. The van der Waals surface area contributed by atoms with Crippen LogP contribution in [0.1, 0.15) is 11.1 Å². The van der Waals surface area contributed by atoms with Gasteiger partial charge in [-0.2, -0.15) is 5.10 Å². The number of rotatable bonds is 8. The molecule has 0 fully saturated rings. The van der Waals surface area contributed by atoms with Crippen molar-refractivity contribution >= 4 is 18.2 Å². The van der Waals surface area contributed by atoms with Crippen LogP contribution in [0.25, 0.3) is 0 Å². The number of hydrogen-bond acceptors (Lipinski definition) is 5. The summed E-state index contributed by atoms with van der Waals surface area (Å²) >= 11 is 0. The van der Waals surface area contributed by atoms with E-state index in [1.54, 1.807) is 25.3 Å². The second-order valence-corrected chi connectivity index (χ2v) is 5.43. The van der Waals surface area contributed by atoms with Gasteiger partial charge in [-0.05, 0) is 29.3 Å². The van der Waals surface area contributed by atoms with E-state index in [9.17, 15) is 9.59 Å². The fraction of sp³-hybridized carbons (Fsp3) is 0.211. The zero-order valence-electron chi connectivity index (χ0n) is 15.2. The third-order valence-electron chi connectivity index (χ3n) is 3.52. The Balaban J connectivity index is 1.72. The summed E-state index contributed by atoms with van der Waals surface area (Å²) in [4.78, 5) is 23.4. The molecule has 142 valence electrons. The van der Waals surface area contributed by atoms with Crippen molar-refractivity contribution in [2.75, 3.05) is 20.8 Å². The normalized spacial score (nSPS) is 10.3. The average molecular weight is 370 g/mol. The first-order valence-corrected chi connectivity index (χ1v) is 8.22. The first-order chi connectivity index (χ1) is 13.1. The standard InChI is InChI=1S/C19H22N4O4/c1-26-16-9-8-15(10-17(16)27-2)12-22-23-18(24)13-21-19(25)20-11-14-6-4-3-5-7-14/h3-10,12H,11,13H2,1-2H3,(H,23,24)(H2,20,21,25)/b22-12+. The van der Waals surface area contributed by atoms with Crippen molar-refractivity contribution < 1.29 is 19.1 Å². The molecule has 0 aliphatic rings. The quantitative estimate of drug-likeness (QED) is 0.486. The number of ether oxygens (including phenoxy) is 2. The van der Waals surface area contributed by atoms with Gasteiger partial charge in [0, 0.05) is 6.54 Å². The molecule has 0 bridgehead atoms. The van der Waals surface area contributed by atoms with E-state index in [2.05, 4.69) is 21.2 Å². The highest BCUT2D eigenvalue weighted by molar-refractivity contribution is 5.86. The van der Waals surface area contributed by atoms with Crippen molar-refractivity contribution in [2.45, 2.75) is 6.54 Å². The second-order valence-electron chi connectivity index (χ2n) is 5.43. The molecule has 2 rings (SSSR count). The molecular weight excluding hydrogens is 348 g/mol. The van der Waals surface area contributed by atoms with Crippen LogP contribution >= 0.6 is 0 Å². The van der Waals surface area contributed by atoms with Crippen molar-refractivity contribution in [3.8, 4) is 11.5 Å². The largest absolute Gasteiger partial charge is 0.493 e. The minimum atomic E-state index is -0.443. The number of hydrazone groups is 1. The van der Waals surface area contributed by atoms with Crippen LogP contribution < -0.4 is 25.5 Å². The van der Waals surface area contributed by atoms with E-state index in [4.69, 9.17) is 9.47 Å². The summed E-state index contributed by atoms with van der Waals surface area (Å²) in [5.74, 6) is 0.718.